The van der Waals surface area contributed by atoms with Gasteiger partial charge in [0.2, 0.25) is 11.8 Å². The van der Waals surface area contributed by atoms with Gasteiger partial charge in [-0.1, -0.05) is 30.3 Å². The topological polar surface area (TPSA) is 64.4 Å². The highest BCUT2D eigenvalue weighted by atomic mass is 16.5. The Bertz CT molecular complexity index is 885. The Morgan fingerprint density at radius 2 is 1.81 bits per heavy atom. The van der Waals surface area contributed by atoms with E-state index in [1.165, 1.54) is 0 Å². The third-order valence-corrected chi connectivity index (χ3v) is 3.76. The summed E-state index contributed by atoms with van der Waals surface area (Å²) in [5.41, 5.74) is 2.25. The lowest BCUT2D eigenvalue weighted by Crippen LogP contribution is -2.16. The minimum atomic E-state index is -0.177. The summed E-state index contributed by atoms with van der Waals surface area (Å²) in [5.74, 6) is 1.55. The van der Waals surface area contributed by atoms with Crippen LogP contribution in [0.15, 0.2) is 59.0 Å². The zero-order valence-electron chi connectivity index (χ0n) is 15.2. The van der Waals surface area contributed by atoms with Crippen molar-refractivity contribution in [3.8, 4) is 17.2 Å². The van der Waals surface area contributed by atoms with E-state index in [9.17, 15) is 4.79 Å². The average molecular weight is 350 g/mol. The molecule has 0 bridgehead atoms. The fourth-order valence-electron chi connectivity index (χ4n) is 2.56. The van der Waals surface area contributed by atoms with Crippen LogP contribution in [-0.2, 0) is 11.2 Å². The molecular formula is C21H22N2O3. The lowest BCUT2D eigenvalue weighted by Gasteiger charge is -2.14. The second kappa shape index (κ2) is 7.87. The van der Waals surface area contributed by atoms with Crippen LogP contribution in [0.2, 0.25) is 0 Å². The summed E-state index contributed by atoms with van der Waals surface area (Å²) in [5, 5.41) is 2.89. The summed E-state index contributed by atoms with van der Waals surface area (Å²) in [4.78, 5) is 16.9. The Morgan fingerprint density at radius 3 is 2.54 bits per heavy atom. The second-order valence-electron chi connectivity index (χ2n) is 6.28. The smallest absolute Gasteiger partial charge is 0.232 e. The van der Waals surface area contributed by atoms with Gasteiger partial charge in [-0.25, -0.2) is 4.98 Å². The third kappa shape index (κ3) is 4.30. The number of anilines is 1. The fourth-order valence-corrected chi connectivity index (χ4v) is 2.56. The maximum atomic E-state index is 12.5. The summed E-state index contributed by atoms with van der Waals surface area (Å²) < 4.78 is 11.5. The van der Waals surface area contributed by atoms with Crippen LogP contribution >= 0.6 is 0 Å². The van der Waals surface area contributed by atoms with Crippen LogP contribution in [0.4, 0.5) is 5.69 Å². The molecule has 0 aliphatic heterocycles. The molecular weight excluding hydrogens is 328 g/mol. The first-order chi connectivity index (χ1) is 12.5. The van der Waals surface area contributed by atoms with E-state index in [1.54, 1.807) is 0 Å². The van der Waals surface area contributed by atoms with Crippen molar-refractivity contribution in [1.82, 2.24) is 4.98 Å². The fraction of sp³-hybridized carbons (Fsp3) is 0.238. The van der Waals surface area contributed by atoms with E-state index in [0.717, 1.165) is 5.56 Å². The van der Waals surface area contributed by atoms with Crippen molar-refractivity contribution in [3.05, 3.63) is 66.1 Å². The Morgan fingerprint density at radius 1 is 1.12 bits per heavy atom. The van der Waals surface area contributed by atoms with Crippen molar-refractivity contribution in [1.29, 1.82) is 0 Å². The lowest BCUT2D eigenvalue weighted by atomic mass is 10.2. The number of nitrogens with one attached hydrogen (secondary N) is 1. The van der Waals surface area contributed by atoms with Gasteiger partial charge < -0.3 is 14.5 Å². The number of benzene rings is 2. The standard InChI is InChI=1S/C21H22N2O3/c1-14(2)25-18-12-8-7-11-17(18)23-20(24)13-19-15(3)22-21(26-19)16-9-5-4-6-10-16/h4-12,14H,13H2,1-3H3,(H,23,24). The van der Waals surface area contributed by atoms with Gasteiger partial charge in [0.15, 0.2) is 0 Å². The quantitative estimate of drug-likeness (QED) is 0.704. The van der Waals surface area contributed by atoms with Crippen LogP contribution in [-0.4, -0.2) is 17.0 Å². The van der Waals surface area contributed by atoms with E-state index < -0.39 is 0 Å². The molecule has 26 heavy (non-hydrogen) atoms. The molecule has 0 saturated heterocycles. The van der Waals surface area contributed by atoms with Crippen molar-refractivity contribution >= 4 is 11.6 Å². The number of nitrogens with zero attached hydrogens (tertiary/aromatic N) is 1. The lowest BCUT2D eigenvalue weighted by molar-refractivity contribution is -0.115. The minimum Gasteiger partial charge on any atom is -0.489 e. The van der Waals surface area contributed by atoms with Gasteiger partial charge in [-0.3, -0.25) is 4.79 Å². The molecule has 0 spiro atoms. The number of aryl methyl sites for hydroxylation is 1. The van der Waals surface area contributed by atoms with Crippen LogP contribution in [0.1, 0.15) is 25.3 Å². The van der Waals surface area contributed by atoms with Gasteiger partial charge in [0, 0.05) is 5.56 Å². The van der Waals surface area contributed by atoms with E-state index >= 15 is 0 Å². The van der Waals surface area contributed by atoms with E-state index in [4.69, 9.17) is 9.15 Å². The van der Waals surface area contributed by atoms with Crippen molar-refractivity contribution in [3.63, 3.8) is 0 Å². The number of para-hydroxylation sites is 2. The zero-order valence-corrected chi connectivity index (χ0v) is 15.2. The Hall–Kier alpha value is -3.08. The van der Waals surface area contributed by atoms with Gasteiger partial charge in [-0.2, -0.15) is 0 Å². The first-order valence-electron chi connectivity index (χ1n) is 8.60. The Kier molecular flexibility index (Phi) is 5.37. The normalized spacial score (nSPS) is 10.8. The van der Waals surface area contributed by atoms with Gasteiger partial charge in [0.25, 0.3) is 0 Å². The predicted octanol–water partition coefficient (Wildman–Crippen LogP) is 4.62. The molecule has 0 atom stereocenters. The summed E-state index contributed by atoms with van der Waals surface area (Å²) >= 11 is 0. The largest absolute Gasteiger partial charge is 0.489 e. The number of ether oxygens (including phenoxy) is 1. The summed E-state index contributed by atoms with van der Waals surface area (Å²) in [7, 11) is 0. The summed E-state index contributed by atoms with van der Waals surface area (Å²) in [6, 6.07) is 17.0. The molecule has 1 amide bonds. The number of hydrogen-bond acceptors (Lipinski definition) is 4. The van der Waals surface area contributed by atoms with E-state index in [2.05, 4.69) is 10.3 Å². The molecule has 0 aliphatic carbocycles. The predicted molar refractivity (Wildman–Crippen MR) is 101 cm³/mol. The van der Waals surface area contributed by atoms with Crippen molar-refractivity contribution in [2.75, 3.05) is 5.32 Å². The first-order valence-corrected chi connectivity index (χ1v) is 8.60. The molecule has 0 aliphatic rings. The van der Waals surface area contributed by atoms with Crippen LogP contribution in [0, 0.1) is 6.92 Å². The Balaban J connectivity index is 1.72. The number of amides is 1. The molecule has 1 N–H and O–H groups in total. The molecule has 3 aromatic rings. The van der Waals surface area contributed by atoms with Gasteiger partial charge in [-0.05, 0) is 45.0 Å². The van der Waals surface area contributed by atoms with Crippen molar-refractivity contribution in [2.24, 2.45) is 0 Å². The minimum absolute atomic E-state index is 0.0259. The highest BCUT2D eigenvalue weighted by Gasteiger charge is 2.16. The van der Waals surface area contributed by atoms with Crippen LogP contribution in [0.3, 0.4) is 0 Å². The molecule has 0 unspecified atom stereocenters. The molecule has 0 fully saturated rings. The summed E-state index contributed by atoms with van der Waals surface area (Å²) in [6.07, 6.45) is 0.139. The van der Waals surface area contributed by atoms with E-state index in [-0.39, 0.29) is 18.4 Å². The van der Waals surface area contributed by atoms with Gasteiger partial charge in [0.1, 0.15) is 11.5 Å². The SMILES string of the molecule is Cc1nc(-c2ccccc2)oc1CC(=O)Nc1ccccc1OC(C)C. The molecule has 3 rings (SSSR count). The van der Waals surface area contributed by atoms with E-state index in [0.29, 0.717) is 28.8 Å². The number of carbonyl (C=O) groups is 1. The molecule has 0 saturated carbocycles. The summed E-state index contributed by atoms with van der Waals surface area (Å²) in [6.45, 7) is 5.73. The van der Waals surface area contributed by atoms with E-state index in [1.807, 2.05) is 75.4 Å². The maximum Gasteiger partial charge on any atom is 0.232 e. The van der Waals surface area contributed by atoms with Gasteiger partial charge >= 0.3 is 0 Å². The van der Waals surface area contributed by atoms with Crippen LogP contribution in [0.5, 0.6) is 5.75 Å². The molecule has 1 heterocycles. The number of oxazole rings is 1. The van der Waals surface area contributed by atoms with Crippen molar-refractivity contribution in [2.45, 2.75) is 33.3 Å². The molecule has 134 valence electrons. The van der Waals surface area contributed by atoms with Gasteiger partial charge in [-0.15, -0.1) is 0 Å². The van der Waals surface area contributed by atoms with Crippen molar-refractivity contribution < 1.29 is 13.9 Å². The molecule has 1 aromatic heterocycles. The molecule has 5 heteroatoms. The number of hydrogen-bond donors (Lipinski definition) is 1. The average Bonchev–Trinajstić information content (AvgIpc) is 2.97. The van der Waals surface area contributed by atoms with Gasteiger partial charge in [0.05, 0.1) is 23.9 Å². The monoisotopic (exact) mass is 350 g/mol. The maximum absolute atomic E-state index is 12.5. The highest BCUT2D eigenvalue weighted by molar-refractivity contribution is 5.93. The zero-order chi connectivity index (χ0) is 18.5. The Labute approximate surface area is 153 Å². The number of carbonyl (C=O) groups excluding carboxylic acids is 1. The highest BCUT2D eigenvalue weighted by Crippen LogP contribution is 2.26. The second-order valence-corrected chi connectivity index (χ2v) is 6.28. The van der Waals surface area contributed by atoms with Crippen LogP contribution in [0.25, 0.3) is 11.5 Å². The number of rotatable bonds is 6. The first kappa shape index (κ1) is 17.7. The molecule has 0 radical (unpaired) electrons. The number of aromatic nitrogens is 1. The molecule has 5 nitrogen and oxygen atoms in total. The third-order valence-electron chi connectivity index (χ3n) is 3.76. The van der Waals surface area contributed by atoms with Crippen LogP contribution < -0.4 is 10.1 Å². The molecule has 2 aromatic carbocycles.